The molecule has 1 heterocycles. The van der Waals surface area contributed by atoms with Gasteiger partial charge in [-0.2, -0.15) is 4.99 Å². The summed E-state index contributed by atoms with van der Waals surface area (Å²) in [6.45, 7) is 6.91. The number of carbonyl (C=O) groups is 1. The van der Waals surface area contributed by atoms with Crippen LogP contribution in [0.1, 0.15) is 12.5 Å². The highest BCUT2D eigenvalue weighted by Crippen LogP contribution is 2.23. The lowest BCUT2D eigenvalue weighted by Gasteiger charge is -2.04. The molecule has 0 saturated heterocycles. The van der Waals surface area contributed by atoms with Crippen LogP contribution in [0, 0.1) is 0 Å². The minimum atomic E-state index is -0.343. The van der Waals surface area contributed by atoms with Gasteiger partial charge in [0, 0.05) is 17.6 Å². The molecule has 0 N–H and O–H groups in total. The lowest BCUT2D eigenvalue weighted by atomic mass is 10.2. The van der Waals surface area contributed by atoms with Crippen molar-refractivity contribution >= 4 is 45.1 Å². The van der Waals surface area contributed by atoms with Crippen molar-refractivity contribution in [2.24, 2.45) is 4.99 Å². The van der Waals surface area contributed by atoms with Crippen LogP contribution in [0.4, 0.5) is 0 Å². The molecule has 0 unspecified atom stereocenters. The lowest BCUT2D eigenvalue weighted by molar-refractivity contribution is -0.113. The number of amides is 1. The Morgan fingerprint density at radius 3 is 2.89 bits per heavy atom. The zero-order chi connectivity index (χ0) is 19.2. The Morgan fingerprint density at radius 2 is 2.15 bits per heavy atom. The van der Waals surface area contributed by atoms with E-state index in [1.807, 2.05) is 47.9 Å². The van der Waals surface area contributed by atoms with Crippen molar-refractivity contribution in [3.8, 4) is 5.75 Å². The van der Waals surface area contributed by atoms with Gasteiger partial charge in [0.15, 0.2) is 4.80 Å². The Morgan fingerprint density at radius 1 is 1.33 bits per heavy atom. The highest BCUT2D eigenvalue weighted by atomic mass is 35.5. The molecule has 0 atom stereocenters. The first-order chi connectivity index (χ1) is 13.1. The molecule has 2 aromatic carbocycles. The van der Waals surface area contributed by atoms with Crippen LogP contribution in [0.5, 0.6) is 5.75 Å². The summed E-state index contributed by atoms with van der Waals surface area (Å²) < 4.78 is 8.53. The molecule has 6 heteroatoms. The third-order valence-corrected chi connectivity index (χ3v) is 5.18. The van der Waals surface area contributed by atoms with Crippen molar-refractivity contribution in [2.45, 2.75) is 13.5 Å². The van der Waals surface area contributed by atoms with E-state index in [4.69, 9.17) is 16.3 Å². The number of hydrogen-bond acceptors (Lipinski definition) is 3. The zero-order valence-corrected chi connectivity index (χ0v) is 16.5. The van der Waals surface area contributed by atoms with Gasteiger partial charge in [-0.05, 0) is 42.8 Å². The Bertz CT molecular complexity index is 1080. The second-order valence-corrected chi connectivity index (χ2v) is 7.07. The molecule has 0 bridgehead atoms. The third kappa shape index (κ3) is 4.56. The van der Waals surface area contributed by atoms with Crippen molar-refractivity contribution in [3.63, 3.8) is 0 Å². The number of carbonyl (C=O) groups excluding carboxylic acids is 1. The largest absolute Gasteiger partial charge is 0.494 e. The van der Waals surface area contributed by atoms with Crippen molar-refractivity contribution in [2.75, 3.05) is 6.61 Å². The number of rotatable bonds is 6. The number of halogens is 1. The number of aromatic nitrogens is 1. The highest BCUT2D eigenvalue weighted by molar-refractivity contribution is 7.16. The van der Waals surface area contributed by atoms with Gasteiger partial charge < -0.3 is 9.30 Å². The zero-order valence-electron chi connectivity index (χ0n) is 14.9. The lowest BCUT2D eigenvalue weighted by Crippen LogP contribution is -2.15. The minimum absolute atomic E-state index is 0.343. The van der Waals surface area contributed by atoms with E-state index in [1.54, 1.807) is 18.2 Å². The van der Waals surface area contributed by atoms with E-state index in [2.05, 4.69) is 11.6 Å². The van der Waals surface area contributed by atoms with Gasteiger partial charge in [-0.15, -0.1) is 6.58 Å². The fourth-order valence-electron chi connectivity index (χ4n) is 2.60. The van der Waals surface area contributed by atoms with Gasteiger partial charge in [-0.25, -0.2) is 0 Å². The summed E-state index contributed by atoms with van der Waals surface area (Å²) in [6, 6.07) is 13.2. The monoisotopic (exact) mass is 398 g/mol. The number of hydrogen-bond donors (Lipinski definition) is 0. The number of allylic oxidation sites excluding steroid dienone is 1. The molecule has 0 aliphatic heterocycles. The van der Waals surface area contributed by atoms with Crippen LogP contribution in [0.2, 0.25) is 5.02 Å². The minimum Gasteiger partial charge on any atom is -0.494 e. The fraction of sp³-hybridized carbons (Fsp3) is 0.143. The summed E-state index contributed by atoms with van der Waals surface area (Å²) >= 11 is 7.55. The Kier molecular flexibility index (Phi) is 6.27. The van der Waals surface area contributed by atoms with Gasteiger partial charge >= 0.3 is 0 Å². The van der Waals surface area contributed by atoms with E-state index in [-0.39, 0.29) is 5.91 Å². The van der Waals surface area contributed by atoms with Crippen LogP contribution < -0.4 is 9.54 Å². The predicted molar refractivity (Wildman–Crippen MR) is 112 cm³/mol. The average molecular weight is 399 g/mol. The summed E-state index contributed by atoms with van der Waals surface area (Å²) in [5, 5.41) is 0.591. The maximum absolute atomic E-state index is 12.3. The molecule has 4 nitrogen and oxygen atoms in total. The molecule has 0 spiro atoms. The molecule has 0 radical (unpaired) electrons. The van der Waals surface area contributed by atoms with Gasteiger partial charge in [0.2, 0.25) is 0 Å². The average Bonchev–Trinajstić information content (AvgIpc) is 2.98. The fourth-order valence-corrected chi connectivity index (χ4v) is 3.88. The summed E-state index contributed by atoms with van der Waals surface area (Å²) in [5.41, 5.74) is 1.77. The van der Waals surface area contributed by atoms with E-state index < -0.39 is 0 Å². The van der Waals surface area contributed by atoms with Crippen LogP contribution in [0.3, 0.4) is 0 Å². The number of nitrogens with zero attached hydrogens (tertiary/aromatic N) is 2. The first kappa shape index (κ1) is 19.1. The van der Waals surface area contributed by atoms with Gasteiger partial charge in [-0.1, -0.05) is 47.2 Å². The van der Waals surface area contributed by atoms with Crippen molar-refractivity contribution in [3.05, 3.63) is 76.6 Å². The molecule has 0 aliphatic carbocycles. The number of ether oxygens (including phenoxy) is 1. The smallest absolute Gasteiger partial charge is 0.272 e. The molecule has 1 amide bonds. The Balaban J connectivity index is 1.98. The predicted octanol–water partition coefficient (Wildman–Crippen LogP) is 5.08. The Hall–Kier alpha value is -2.63. The first-order valence-corrected chi connectivity index (χ1v) is 9.70. The molecule has 0 aliphatic rings. The van der Waals surface area contributed by atoms with Crippen LogP contribution in [-0.4, -0.2) is 17.1 Å². The second kappa shape index (κ2) is 8.84. The summed E-state index contributed by atoms with van der Waals surface area (Å²) in [6.07, 6.45) is 4.88. The van der Waals surface area contributed by atoms with Gasteiger partial charge in [0.1, 0.15) is 5.75 Å². The third-order valence-electron chi connectivity index (χ3n) is 3.79. The van der Waals surface area contributed by atoms with E-state index >= 15 is 0 Å². The van der Waals surface area contributed by atoms with Gasteiger partial charge in [0.05, 0.1) is 16.8 Å². The highest BCUT2D eigenvalue weighted by Gasteiger charge is 2.08. The molecule has 3 aromatic rings. The van der Waals surface area contributed by atoms with E-state index in [9.17, 15) is 4.79 Å². The summed E-state index contributed by atoms with van der Waals surface area (Å²) in [7, 11) is 0. The number of fused-ring (bicyclic) bond motifs is 1. The van der Waals surface area contributed by atoms with Gasteiger partial charge in [-0.3, -0.25) is 4.79 Å². The maximum atomic E-state index is 12.3. The van der Waals surface area contributed by atoms with Crippen LogP contribution in [0.25, 0.3) is 16.3 Å². The van der Waals surface area contributed by atoms with Crippen LogP contribution in [-0.2, 0) is 11.3 Å². The summed E-state index contributed by atoms with van der Waals surface area (Å²) in [4.78, 5) is 17.2. The van der Waals surface area contributed by atoms with E-state index in [0.717, 1.165) is 21.5 Å². The molecule has 1 aromatic heterocycles. The van der Waals surface area contributed by atoms with Crippen molar-refractivity contribution in [1.82, 2.24) is 4.57 Å². The van der Waals surface area contributed by atoms with E-state index in [1.165, 1.54) is 17.4 Å². The van der Waals surface area contributed by atoms with Gasteiger partial charge in [0.25, 0.3) is 5.91 Å². The molecular weight excluding hydrogens is 380 g/mol. The van der Waals surface area contributed by atoms with Crippen LogP contribution in [0.15, 0.2) is 66.2 Å². The molecular formula is C21H19ClN2O2S. The normalized spacial score (nSPS) is 12.0. The SMILES string of the molecule is C=CCn1c(=NC(=O)C=Cc2ccccc2Cl)sc2cc(OCC)ccc21. The number of thiazole rings is 1. The number of benzene rings is 2. The van der Waals surface area contributed by atoms with Crippen molar-refractivity contribution < 1.29 is 9.53 Å². The standard InChI is InChI=1S/C21H19ClN2O2S/c1-3-13-24-18-11-10-16(26-4-2)14-19(18)27-21(24)23-20(25)12-9-15-7-5-6-8-17(15)22/h3,5-12,14H,1,4,13H2,2H3. The molecule has 138 valence electrons. The maximum Gasteiger partial charge on any atom is 0.272 e. The molecule has 0 saturated carbocycles. The molecule has 3 rings (SSSR count). The first-order valence-electron chi connectivity index (χ1n) is 8.50. The quantitative estimate of drug-likeness (QED) is 0.429. The second-order valence-electron chi connectivity index (χ2n) is 5.65. The van der Waals surface area contributed by atoms with Crippen LogP contribution >= 0.6 is 22.9 Å². The molecule has 0 fully saturated rings. The summed E-state index contributed by atoms with van der Waals surface area (Å²) in [5.74, 6) is 0.456. The topological polar surface area (TPSA) is 43.6 Å². The Labute approximate surface area is 166 Å². The molecule has 27 heavy (non-hydrogen) atoms. The van der Waals surface area contributed by atoms with Crippen molar-refractivity contribution in [1.29, 1.82) is 0 Å². The van der Waals surface area contributed by atoms with E-state index in [0.29, 0.717) is 23.0 Å².